The fourth-order valence-corrected chi connectivity index (χ4v) is 1.61. The third kappa shape index (κ3) is 8.85. The first-order chi connectivity index (χ1) is 7.02. The average Bonchev–Trinajstić information content (AvgIpc) is 2.17. The summed E-state index contributed by atoms with van der Waals surface area (Å²) in [5, 5.41) is 3.50. The second-order valence-corrected chi connectivity index (χ2v) is 4.72. The van der Waals surface area contributed by atoms with E-state index in [0.29, 0.717) is 6.04 Å². The third-order valence-corrected chi connectivity index (χ3v) is 2.62. The van der Waals surface area contributed by atoms with Crippen LogP contribution in [0.4, 0.5) is 0 Å². The Hall–Kier alpha value is -0.120. The van der Waals surface area contributed by atoms with Crippen LogP contribution in [0.5, 0.6) is 0 Å². The van der Waals surface area contributed by atoms with Gasteiger partial charge in [-0.3, -0.25) is 0 Å². The van der Waals surface area contributed by atoms with Crippen molar-refractivity contribution in [3.8, 4) is 0 Å². The Morgan fingerprint density at radius 2 is 1.87 bits per heavy atom. The van der Waals surface area contributed by atoms with Crippen LogP contribution in [0.1, 0.15) is 40.0 Å². The molecule has 0 radical (unpaired) electrons. The minimum Gasteiger partial charge on any atom is -0.385 e. The topological polar surface area (TPSA) is 30.5 Å². The zero-order valence-electron chi connectivity index (χ0n) is 10.9. The van der Waals surface area contributed by atoms with E-state index in [2.05, 4.69) is 26.1 Å². The van der Waals surface area contributed by atoms with Gasteiger partial charge in [-0.25, -0.2) is 0 Å². The van der Waals surface area contributed by atoms with E-state index in [0.717, 1.165) is 26.0 Å². The van der Waals surface area contributed by atoms with Crippen molar-refractivity contribution in [2.75, 3.05) is 27.4 Å². The van der Waals surface area contributed by atoms with E-state index in [1.165, 1.54) is 6.42 Å². The lowest BCUT2D eigenvalue weighted by molar-refractivity contribution is 0.00856. The van der Waals surface area contributed by atoms with Crippen LogP contribution in [0, 0.1) is 0 Å². The van der Waals surface area contributed by atoms with Crippen LogP contribution in [0.2, 0.25) is 0 Å². The molecule has 0 aromatic rings. The number of unbranched alkanes of at least 4 members (excludes halogenated alkanes) is 1. The van der Waals surface area contributed by atoms with E-state index < -0.39 is 0 Å². The normalized spacial score (nSPS) is 14.2. The standard InChI is InChI=1S/C12H27NO2/c1-11(10-12(2,3)15-5)13-8-6-7-9-14-4/h11,13H,6-10H2,1-5H3/t11-/m0/s1. The molecular formula is C12H27NO2. The Bertz CT molecular complexity index is 149. The summed E-state index contributed by atoms with van der Waals surface area (Å²) in [6, 6.07) is 0.502. The molecule has 1 atom stereocenters. The Labute approximate surface area is 94.5 Å². The summed E-state index contributed by atoms with van der Waals surface area (Å²) < 4.78 is 10.4. The fourth-order valence-electron chi connectivity index (χ4n) is 1.61. The lowest BCUT2D eigenvalue weighted by Gasteiger charge is -2.27. The summed E-state index contributed by atoms with van der Waals surface area (Å²) in [5.41, 5.74) is -0.0288. The van der Waals surface area contributed by atoms with E-state index in [1.54, 1.807) is 14.2 Å². The largest absolute Gasteiger partial charge is 0.385 e. The molecule has 0 aromatic heterocycles. The van der Waals surface area contributed by atoms with Crippen molar-refractivity contribution in [1.29, 1.82) is 0 Å². The van der Waals surface area contributed by atoms with Crippen molar-refractivity contribution < 1.29 is 9.47 Å². The lowest BCUT2D eigenvalue weighted by atomic mass is 10.00. The highest BCUT2D eigenvalue weighted by Crippen LogP contribution is 2.15. The van der Waals surface area contributed by atoms with Crippen LogP contribution in [-0.2, 0) is 9.47 Å². The second-order valence-electron chi connectivity index (χ2n) is 4.72. The zero-order chi connectivity index (χ0) is 11.7. The fraction of sp³-hybridized carbons (Fsp3) is 1.00. The van der Waals surface area contributed by atoms with Crippen LogP contribution in [0.15, 0.2) is 0 Å². The van der Waals surface area contributed by atoms with Gasteiger partial charge in [-0.15, -0.1) is 0 Å². The molecule has 3 nitrogen and oxygen atoms in total. The molecule has 3 heteroatoms. The smallest absolute Gasteiger partial charge is 0.0637 e. The highest BCUT2D eigenvalue weighted by molar-refractivity contribution is 4.75. The monoisotopic (exact) mass is 217 g/mol. The van der Waals surface area contributed by atoms with Crippen LogP contribution in [0.3, 0.4) is 0 Å². The maximum Gasteiger partial charge on any atom is 0.0637 e. The molecule has 92 valence electrons. The van der Waals surface area contributed by atoms with Crippen molar-refractivity contribution in [2.24, 2.45) is 0 Å². The van der Waals surface area contributed by atoms with E-state index in [4.69, 9.17) is 9.47 Å². The molecule has 0 saturated heterocycles. The minimum atomic E-state index is -0.0288. The van der Waals surface area contributed by atoms with Gasteiger partial charge in [0.05, 0.1) is 5.60 Å². The first kappa shape index (κ1) is 14.9. The van der Waals surface area contributed by atoms with Crippen LogP contribution in [-0.4, -0.2) is 39.0 Å². The first-order valence-corrected chi connectivity index (χ1v) is 5.79. The summed E-state index contributed by atoms with van der Waals surface area (Å²) >= 11 is 0. The number of ether oxygens (including phenoxy) is 2. The highest BCUT2D eigenvalue weighted by Gasteiger charge is 2.19. The minimum absolute atomic E-state index is 0.0288. The van der Waals surface area contributed by atoms with E-state index in [9.17, 15) is 0 Å². The van der Waals surface area contributed by atoms with Crippen molar-refractivity contribution >= 4 is 0 Å². The van der Waals surface area contributed by atoms with Gasteiger partial charge in [-0.05, 0) is 46.6 Å². The quantitative estimate of drug-likeness (QED) is 0.601. The van der Waals surface area contributed by atoms with Crippen molar-refractivity contribution in [3.05, 3.63) is 0 Å². The van der Waals surface area contributed by atoms with Gasteiger partial charge in [0, 0.05) is 26.9 Å². The van der Waals surface area contributed by atoms with Crippen LogP contribution >= 0.6 is 0 Å². The predicted octanol–water partition coefficient (Wildman–Crippen LogP) is 2.21. The molecule has 0 rings (SSSR count). The van der Waals surface area contributed by atoms with Gasteiger partial charge in [-0.1, -0.05) is 0 Å². The molecule has 0 amide bonds. The summed E-state index contributed by atoms with van der Waals surface area (Å²) in [4.78, 5) is 0. The summed E-state index contributed by atoms with van der Waals surface area (Å²) in [6.07, 6.45) is 3.34. The molecule has 0 aliphatic rings. The average molecular weight is 217 g/mol. The van der Waals surface area contributed by atoms with E-state index in [1.807, 2.05) is 0 Å². The predicted molar refractivity (Wildman–Crippen MR) is 64.3 cm³/mol. The van der Waals surface area contributed by atoms with Crippen molar-refractivity contribution in [3.63, 3.8) is 0 Å². The number of hydrogen-bond donors (Lipinski definition) is 1. The maximum absolute atomic E-state index is 5.39. The summed E-state index contributed by atoms with van der Waals surface area (Å²) in [5.74, 6) is 0. The Kier molecular flexibility index (Phi) is 8.02. The van der Waals surface area contributed by atoms with Gasteiger partial charge < -0.3 is 14.8 Å². The Balaban J connectivity index is 3.45. The molecular weight excluding hydrogens is 190 g/mol. The molecule has 0 aliphatic carbocycles. The lowest BCUT2D eigenvalue weighted by Crippen LogP contribution is -2.36. The van der Waals surface area contributed by atoms with Crippen molar-refractivity contribution in [1.82, 2.24) is 5.32 Å². The Morgan fingerprint density at radius 3 is 2.40 bits per heavy atom. The molecule has 0 heterocycles. The maximum atomic E-state index is 5.39. The number of rotatable bonds is 9. The molecule has 0 aromatic carbocycles. The molecule has 0 fully saturated rings. The van der Waals surface area contributed by atoms with Gasteiger partial charge >= 0.3 is 0 Å². The molecule has 0 unspecified atom stereocenters. The highest BCUT2D eigenvalue weighted by atomic mass is 16.5. The van der Waals surface area contributed by atoms with Gasteiger partial charge in [0.25, 0.3) is 0 Å². The van der Waals surface area contributed by atoms with Gasteiger partial charge in [-0.2, -0.15) is 0 Å². The second kappa shape index (κ2) is 8.08. The van der Waals surface area contributed by atoms with E-state index in [-0.39, 0.29) is 5.60 Å². The SMILES string of the molecule is COCCCCN[C@@H](C)CC(C)(C)OC. The molecule has 0 spiro atoms. The van der Waals surface area contributed by atoms with Gasteiger partial charge in [0.15, 0.2) is 0 Å². The van der Waals surface area contributed by atoms with Gasteiger partial charge in [0.1, 0.15) is 0 Å². The Morgan fingerprint density at radius 1 is 1.20 bits per heavy atom. The molecule has 1 N–H and O–H groups in total. The molecule has 0 bridgehead atoms. The summed E-state index contributed by atoms with van der Waals surface area (Å²) in [7, 11) is 3.52. The number of nitrogens with one attached hydrogen (secondary N) is 1. The third-order valence-electron chi connectivity index (χ3n) is 2.62. The summed E-state index contributed by atoms with van der Waals surface area (Å²) in [6.45, 7) is 8.37. The first-order valence-electron chi connectivity index (χ1n) is 5.79. The van der Waals surface area contributed by atoms with Gasteiger partial charge in [0.2, 0.25) is 0 Å². The van der Waals surface area contributed by atoms with E-state index >= 15 is 0 Å². The number of methoxy groups -OCH3 is 2. The number of hydrogen-bond acceptors (Lipinski definition) is 3. The van der Waals surface area contributed by atoms with Crippen LogP contribution in [0.25, 0.3) is 0 Å². The van der Waals surface area contributed by atoms with Crippen LogP contribution < -0.4 is 5.32 Å². The molecule has 0 saturated carbocycles. The molecule has 0 aliphatic heterocycles. The molecule has 15 heavy (non-hydrogen) atoms. The van der Waals surface area contributed by atoms with Crippen molar-refractivity contribution in [2.45, 2.75) is 51.7 Å². The zero-order valence-corrected chi connectivity index (χ0v) is 10.9.